The molecule has 1 aromatic carbocycles. The molecular formula is C14H21NO3. The SMILES string of the molecule is CCNC(C)(C)C(=O)c1cc(OC)cc(OC)c1. The van der Waals surface area contributed by atoms with Crippen LogP contribution in [0, 0.1) is 0 Å². The summed E-state index contributed by atoms with van der Waals surface area (Å²) in [5.41, 5.74) is -0.0243. The van der Waals surface area contributed by atoms with E-state index in [1.807, 2.05) is 20.8 Å². The van der Waals surface area contributed by atoms with Crippen LogP contribution in [-0.4, -0.2) is 32.1 Å². The van der Waals surface area contributed by atoms with Gasteiger partial charge < -0.3 is 14.8 Å². The molecule has 0 saturated heterocycles. The second-order valence-electron chi connectivity index (χ2n) is 4.59. The number of rotatable bonds is 6. The molecule has 0 aliphatic heterocycles. The first-order chi connectivity index (χ1) is 8.44. The lowest BCUT2D eigenvalue weighted by atomic mass is 9.93. The molecule has 100 valence electrons. The van der Waals surface area contributed by atoms with Crippen LogP contribution in [0.5, 0.6) is 11.5 Å². The van der Waals surface area contributed by atoms with Crippen molar-refractivity contribution in [3.8, 4) is 11.5 Å². The van der Waals surface area contributed by atoms with E-state index >= 15 is 0 Å². The van der Waals surface area contributed by atoms with Gasteiger partial charge in [0, 0.05) is 11.6 Å². The van der Waals surface area contributed by atoms with Crippen molar-refractivity contribution in [3.63, 3.8) is 0 Å². The van der Waals surface area contributed by atoms with Gasteiger partial charge in [-0.25, -0.2) is 0 Å². The maximum atomic E-state index is 12.4. The predicted molar refractivity (Wildman–Crippen MR) is 71.6 cm³/mol. The Bertz CT molecular complexity index is 405. The molecule has 1 aromatic rings. The number of Topliss-reactive ketones (excluding diaryl/α,β-unsaturated/α-hetero) is 1. The zero-order valence-electron chi connectivity index (χ0n) is 11.7. The summed E-state index contributed by atoms with van der Waals surface area (Å²) >= 11 is 0. The lowest BCUT2D eigenvalue weighted by molar-refractivity contribution is 0.0883. The zero-order chi connectivity index (χ0) is 13.8. The Hall–Kier alpha value is -1.55. The van der Waals surface area contributed by atoms with E-state index in [2.05, 4.69) is 5.32 Å². The van der Waals surface area contributed by atoms with Crippen LogP contribution in [0.1, 0.15) is 31.1 Å². The van der Waals surface area contributed by atoms with Crippen molar-refractivity contribution in [2.45, 2.75) is 26.3 Å². The summed E-state index contributed by atoms with van der Waals surface area (Å²) in [5.74, 6) is 1.25. The molecule has 0 aromatic heterocycles. The van der Waals surface area contributed by atoms with Crippen molar-refractivity contribution in [1.29, 1.82) is 0 Å². The minimum Gasteiger partial charge on any atom is -0.497 e. The van der Waals surface area contributed by atoms with E-state index in [1.165, 1.54) is 0 Å². The Balaban J connectivity index is 3.12. The van der Waals surface area contributed by atoms with Gasteiger partial charge in [0.1, 0.15) is 11.5 Å². The van der Waals surface area contributed by atoms with Crippen molar-refractivity contribution in [2.75, 3.05) is 20.8 Å². The van der Waals surface area contributed by atoms with Crippen LogP contribution < -0.4 is 14.8 Å². The smallest absolute Gasteiger partial charge is 0.182 e. The van der Waals surface area contributed by atoms with E-state index in [0.29, 0.717) is 17.1 Å². The molecule has 18 heavy (non-hydrogen) atoms. The topological polar surface area (TPSA) is 47.6 Å². The van der Waals surface area contributed by atoms with Crippen LogP contribution in [0.3, 0.4) is 0 Å². The third-order valence-corrected chi connectivity index (χ3v) is 2.80. The van der Waals surface area contributed by atoms with Gasteiger partial charge >= 0.3 is 0 Å². The summed E-state index contributed by atoms with van der Waals surface area (Å²) < 4.78 is 10.3. The second kappa shape index (κ2) is 5.87. The predicted octanol–water partition coefficient (Wildman–Crippen LogP) is 2.27. The Morgan fingerprint density at radius 2 is 1.67 bits per heavy atom. The summed E-state index contributed by atoms with van der Waals surface area (Å²) in [6.07, 6.45) is 0. The number of hydrogen-bond acceptors (Lipinski definition) is 4. The molecule has 0 aliphatic rings. The first-order valence-electron chi connectivity index (χ1n) is 5.97. The largest absolute Gasteiger partial charge is 0.497 e. The van der Waals surface area contributed by atoms with E-state index in [0.717, 1.165) is 6.54 Å². The monoisotopic (exact) mass is 251 g/mol. The number of hydrogen-bond donors (Lipinski definition) is 1. The van der Waals surface area contributed by atoms with E-state index in [4.69, 9.17) is 9.47 Å². The van der Waals surface area contributed by atoms with Crippen LogP contribution in [-0.2, 0) is 0 Å². The van der Waals surface area contributed by atoms with E-state index in [1.54, 1.807) is 32.4 Å². The van der Waals surface area contributed by atoms with Gasteiger partial charge in [-0.05, 0) is 32.5 Å². The number of ketones is 1. The second-order valence-corrected chi connectivity index (χ2v) is 4.59. The number of likely N-dealkylation sites (N-methyl/N-ethyl adjacent to an activating group) is 1. The highest BCUT2D eigenvalue weighted by atomic mass is 16.5. The lowest BCUT2D eigenvalue weighted by Crippen LogP contribution is -2.46. The molecule has 0 spiro atoms. The van der Waals surface area contributed by atoms with Crippen molar-refractivity contribution in [2.24, 2.45) is 0 Å². The molecule has 0 bridgehead atoms. The van der Waals surface area contributed by atoms with Crippen molar-refractivity contribution < 1.29 is 14.3 Å². The highest BCUT2D eigenvalue weighted by Gasteiger charge is 2.28. The van der Waals surface area contributed by atoms with Gasteiger partial charge in [-0.2, -0.15) is 0 Å². The minimum absolute atomic E-state index is 0.0153. The fourth-order valence-corrected chi connectivity index (χ4v) is 1.82. The average Bonchev–Trinajstić information content (AvgIpc) is 2.37. The highest BCUT2D eigenvalue weighted by molar-refractivity contribution is 6.03. The molecule has 0 radical (unpaired) electrons. The number of nitrogens with one attached hydrogen (secondary N) is 1. The molecule has 0 unspecified atom stereocenters. The minimum atomic E-state index is -0.605. The molecular weight excluding hydrogens is 230 g/mol. The fraction of sp³-hybridized carbons (Fsp3) is 0.500. The van der Waals surface area contributed by atoms with Crippen LogP contribution in [0.4, 0.5) is 0 Å². The Kier molecular flexibility index (Phi) is 4.73. The number of methoxy groups -OCH3 is 2. The molecule has 1 rings (SSSR count). The van der Waals surface area contributed by atoms with Gasteiger partial charge in [0.2, 0.25) is 0 Å². The summed E-state index contributed by atoms with van der Waals surface area (Å²) in [5, 5.41) is 3.16. The van der Waals surface area contributed by atoms with E-state index in [-0.39, 0.29) is 5.78 Å². The highest BCUT2D eigenvalue weighted by Crippen LogP contribution is 2.25. The number of carbonyl (C=O) groups is 1. The standard InChI is InChI=1S/C14H21NO3/c1-6-15-14(2,3)13(16)10-7-11(17-4)9-12(8-10)18-5/h7-9,15H,6H2,1-5H3. The first kappa shape index (κ1) is 14.5. The maximum Gasteiger partial charge on any atom is 0.182 e. The first-order valence-corrected chi connectivity index (χ1v) is 5.97. The Morgan fingerprint density at radius 3 is 2.06 bits per heavy atom. The van der Waals surface area contributed by atoms with Gasteiger partial charge in [-0.15, -0.1) is 0 Å². The van der Waals surface area contributed by atoms with Gasteiger partial charge in [0.05, 0.1) is 19.8 Å². The molecule has 1 N–H and O–H groups in total. The average molecular weight is 251 g/mol. The third kappa shape index (κ3) is 3.23. The normalized spacial score (nSPS) is 11.2. The number of carbonyl (C=O) groups excluding carboxylic acids is 1. The molecule has 0 amide bonds. The molecule has 0 heterocycles. The summed E-state index contributed by atoms with van der Waals surface area (Å²) in [4.78, 5) is 12.4. The lowest BCUT2D eigenvalue weighted by Gasteiger charge is -2.24. The number of benzene rings is 1. The Morgan fingerprint density at radius 1 is 1.17 bits per heavy atom. The summed E-state index contributed by atoms with van der Waals surface area (Å²) in [7, 11) is 3.14. The van der Waals surface area contributed by atoms with Crippen molar-refractivity contribution in [3.05, 3.63) is 23.8 Å². The van der Waals surface area contributed by atoms with E-state index in [9.17, 15) is 4.79 Å². The Labute approximate surface area is 108 Å². The zero-order valence-corrected chi connectivity index (χ0v) is 11.7. The van der Waals surface area contributed by atoms with Crippen molar-refractivity contribution >= 4 is 5.78 Å². The van der Waals surface area contributed by atoms with E-state index < -0.39 is 5.54 Å². The number of ether oxygens (including phenoxy) is 2. The molecule has 0 fully saturated rings. The summed E-state index contributed by atoms with van der Waals surface area (Å²) in [6.45, 7) is 6.44. The summed E-state index contributed by atoms with van der Waals surface area (Å²) in [6, 6.07) is 5.20. The molecule has 0 saturated carbocycles. The van der Waals surface area contributed by atoms with Crippen LogP contribution in [0.25, 0.3) is 0 Å². The van der Waals surface area contributed by atoms with Gasteiger partial charge in [-0.3, -0.25) is 4.79 Å². The molecule has 4 heteroatoms. The maximum absolute atomic E-state index is 12.4. The van der Waals surface area contributed by atoms with Crippen LogP contribution in [0.15, 0.2) is 18.2 Å². The van der Waals surface area contributed by atoms with Crippen LogP contribution >= 0.6 is 0 Å². The molecule has 0 aliphatic carbocycles. The molecule has 4 nitrogen and oxygen atoms in total. The van der Waals surface area contributed by atoms with Gasteiger partial charge in [0.25, 0.3) is 0 Å². The molecule has 0 atom stereocenters. The quantitative estimate of drug-likeness (QED) is 0.788. The van der Waals surface area contributed by atoms with Gasteiger partial charge in [0.15, 0.2) is 5.78 Å². The third-order valence-electron chi connectivity index (χ3n) is 2.80. The van der Waals surface area contributed by atoms with Crippen LogP contribution in [0.2, 0.25) is 0 Å². The van der Waals surface area contributed by atoms with Gasteiger partial charge in [-0.1, -0.05) is 6.92 Å². The fourth-order valence-electron chi connectivity index (χ4n) is 1.82. The van der Waals surface area contributed by atoms with Crippen molar-refractivity contribution in [1.82, 2.24) is 5.32 Å².